The van der Waals surface area contributed by atoms with Gasteiger partial charge in [0, 0.05) is 10.2 Å². The Hall–Kier alpha value is -1.40. The smallest absolute Gasteiger partial charge is 0.313 e. The average molecular weight is 329 g/mol. The Labute approximate surface area is 120 Å². The zero-order valence-corrected chi connectivity index (χ0v) is 12.5. The molecule has 2 amide bonds. The van der Waals surface area contributed by atoms with E-state index in [2.05, 4.69) is 26.6 Å². The highest BCUT2D eigenvalue weighted by atomic mass is 79.9. The van der Waals surface area contributed by atoms with Gasteiger partial charge in [-0.1, -0.05) is 22.9 Å². The van der Waals surface area contributed by atoms with Gasteiger partial charge in [0.15, 0.2) is 0 Å². The van der Waals surface area contributed by atoms with Gasteiger partial charge in [-0.05, 0) is 37.1 Å². The number of benzene rings is 1. The molecule has 0 saturated heterocycles. The summed E-state index contributed by atoms with van der Waals surface area (Å²) in [6.45, 7) is 3.46. The average Bonchev–Trinajstić information content (AvgIpc) is 2.38. The monoisotopic (exact) mass is 328 g/mol. The van der Waals surface area contributed by atoms with Gasteiger partial charge < -0.3 is 15.7 Å². The summed E-state index contributed by atoms with van der Waals surface area (Å²) in [7, 11) is 0. The highest BCUT2D eigenvalue weighted by Crippen LogP contribution is 2.19. The molecule has 0 heterocycles. The van der Waals surface area contributed by atoms with Crippen LogP contribution < -0.4 is 10.6 Å². The van der Waals surface area contributed by atoms with Crippen molar-refractivity contribution in [1.29, 1.82) is 0 Å². The maximum absolute atomic E-state index is 11.7. The number of hydrogen-bond acceptors (Lipinski definition) is 3. The summed E-state index contributed by atoms with van der Waals surface area (Å²) < 4.78 is 0.902. The lowest BCUT2D eigenvalue weighted by Gasteiger charge is -2.14. The molecule has 0 aliphatic heterocycles. The molecular formula is C13H17BrN2O3. The maximum atomic E-state index is 11.7. The minimum Gasteiger partial charge on any atom is -0.394 e. The number of hydrogen-bond donors (Lipinski definition) is 3. The first-order chi connectivity index (χ1) is 8.97. The Morgan fingerprint density at radius 2 is 2.05 bits per heavy atom. The zero-order valence-electron chi connectivity index (χ0n) is 10.9. The van der Waals surface area contributed by atoms with Crippen LogP contribution in [0.3, 0.4) is 0 Å². The van der Waals surface area contributed by atoms with E-state index in [1.54, 1.807) is 12.1 Å². The molecule has 0 fully saturated rings. The fourth-order valence-corrected chi connectivity index (χ4v) is 1.95. The molecule has 0 bridgehead atoms. The topological polar surface area (TPSA) is 78.4 Å². The molecule has 0 aliphatic carbocycles. The standard InChI is InChI=1S/C13H17BrN2O3/c1-3-10(7-17)15-12(18)13(19)16-11-5-4-9(14)6-8(11)2/h4-6,10,17H,3,7H2,1-2H3,(H,15,18)(H,16,19). The minimum absolute atomic E-state index is 0.188. The number of aliphatic hydroxyl groups is 1. The van der Waals surface area contributed by atoms with E-state index >= 15 is 0 Å². The quantitative estimate of drug-likeness (QED) is 0.734. The van der Waals surface area contributed by atoms with E-state index in [-0.39, 0.29) is 6.61 Å². The van der Waals surface area contributed by atoms with Crippen LogP contribution in [0.25, 0.3) is 0 Å². The maximum Gasteiger partial charge on any atom is 0.313 e. The van der Waals surface area contributed by atoms with Crippen LogP contribution in [-0.4, -0.2) is 29.6 Å². The number of aliphatic hydroxyl groups excluding tert-OH is 1. The molecule has 0 saturated carbocycles. The summed E-state index contributed by atoms with van der Waals surface area (Å²) in [5.41, 5.74) is 1.44. The molecule has 6 heteroatoms. The van der Waals surface area contributed by atoms with E-state index in [4.69, 9.17) is 5.11 Å². The molecule has 1 unspecified atom stereocenters. The van der Waals surface area contributed by atoms with Crippen molar-refractivity contribution in [2.45, 2.75) is 26.3 Å². The van der Waals surface area contributed by atoms with Gasteiger partial charge in [-0.3, -0.25) is 9.59 Å². The summed E-state index contributed by atoms with van der Waals surface area (Å²) in [6, 6.07) is 4.94. The summed E-state index contributed by atoms with van der Waals surface area (Å²) in [4.78, 5) is 23.3. The van der Waals surface area contributed by atoms with Gasteiger partial charge in [-0.15, -0.1) is 0 Å². The predicted molar refractivity (Wildman–Crippen MR) is 76.8 cm³/mol. The lowest BCUT2D eigenvalue weighted by atomic mass is 10.2. The van der Waals surface area contributed by atoms with Crippen molar-refractivity contribution in [1.82, 2.24) is 5.32 Å². The molecule has 0 aromatic heterocycles. The van der Waals surface area contributed by atoms with Crippen molar-refractivity contribution in [2.24, 2.45) is 0 Å². The third-order valence-electron chi connectivity index (χ3n) is 2.69. The van der Waals surface area contributed by atoms with Gasteiger partial charge in [0.05, 0.1) is 12.6 Å². The second-order valence-electron chi connectivity index (χ2n) is 4.17. The van der Waals surface area contributed by atoms with E-state index in [9.17, 15) is 9.59 Å². The molecular weight excluding hydrogens is 312 g/mol. The zero-order chi connectivity index (χ0) is 14.4. The molecule has 19 heavy (non-hydrogen) atoms. The third-order valence-corrected chi connectivity index (χ3v) is 3.18. The second-order valence-corrected chi connectivity index (χ2v) is 5.09. The molecule has 5 nitrogen and oxygen atoms in total. The Kier molecular flexibility index (Phi) is 5.98. The number of amides is 2. The molecule has 0 aliphatic rings. The minimum atomic E-state index is -0.747. The summed E-state index contributed by atoms with van der Waals surface area (Å²) in [5.74, 6) is -1.49. The lowest BCUT2D eigenvalue weighted by molar-refractivity contribution is -0.136. The Balaban J connectivity index is 2.66. The van der Waals surface area contributed by atoms with E-state index in [0.717, 1.165) is 10.0 Å². The van der Waals surface area contributed by atoms with Gasteiger partial charge in [-0.2, -0.15) is 0 Å². The van der Waals surface area contributed by atoms with Gasteiger partial charge in [-0.25, -0.2) is 0 Å². The number of nitrogens with one attached hydrogen (secondary N) is 2. The summed E-state index contributed by atoms with van der Waals surface area (Å²) >= 11 is 3.32. The molecule has 1 atom stereocenters. The van der Waals surface area contributed by atoms with Crippen LogP contribution in [0.4, 0.5) is 5.69 Å². The predicted octanol–water partition coefficient (Wildman–Crippen LogP) is 1.58. The fraction of sp³-hybridized carbons (Fsp3) is 0.385. The lowest BCUT2D eigenvalue weighted by Crippen LogP contribution is -2.43. The van der Waals surface area contributed by atoms with E-state index in [1.165, 1.54) is 0 Å². The molecule has 1 rings (SSSR count). The number of rotatable bonds is 4. The van der Waals surface area contributed by atoms with Crippen LogP contribution in [0, 0.1) is 6.92 Å². The second kappa shape index (κ2) is 7.25. The van der Waals surface area contributed by atoms with Crippen LogP contribution in [0.1, 0.15) is 18.9 Å². The highest BCUT2D eigenvalue weighted by molar-refractivity contribution is 9.10. The van der Waals surface area contributed by atoms with Gasteiger partial charge in [0.25, 0.3) is 0 Å². The molecule has 0 radical (unpaired) electrons. The van der Waals surface area contributed by atoms with Crippen molar-refractivity contribution >= 4 is 33.4 Å². The number of anilines is 1. The number of aryl methyl sites for hydroxylation is 1. The number of halogens is 1. The fourth-order valence-electron chi connectivity index (χ4n) is 1.47. The Morgan fingerprint density at radius 3 is 2.58 bits per heavy atom. The Bertz CT molecular complexity index is 473. The summed E-state index contributed by atoms with van der Waals surface area (Å²) in [5, 5.41) is 14.0. The van der Waals surface area contributed by atoms with Crippen molar-refractivity contribution < 1.29 is 14.7 Å². The Morgan fingerprint density at radius 1 is 1.37 bits per heavy atom. The molecule has 1 aromatic carbocycles. The highest BCUT2D eigenvalue weighted by Gasteiger charge is 2.17. The van der Waals surface area contributed by atoms with Crippen molar-refractivity contribution in [2.75, 3.05) is 11.9 Å². The van der Waals surface area contributed by atoms with E-state index < -0.39 is 17.9 Å². The molecule has 1 aromatic rings. The van der Waals surface area contributed by atoms with Crippen LogP contribution >= 0.6 is 15.9 Å². The normalized spacial score (nSPS) is 11.8. The van der Waals surface area contributed by atoms with Gasteiger partial charge >= 0.3 is 11.8 Å². The van der Waals surface area contributed by atoms with Crippen LogP contribution in [0.15, 0.2) is 22.7 Å². The summed E-state index contributed by atoms with van der Waals surface area (Å²) in [6.07, 6.45) is 0.562. The molecule has 0 spiro atoms. The number of carbonyl (C=O) groups excluding carboxylic acids is 2. The van der Waals surface area contributed by atoms with Crippen LogP contribution in [0.5, 0.6) is 0 Å². The SMILES string of the molecule is CCC(CO)NC(=O)C(=O)Nc1ccc(Br)cc1C. The first kappa shape index (κ1) is 15.7. The van der Waals surface area contributed by atoms with Gasteiger partial charge in [0.2, 0.25) is 0 Å². The van der Waals surface area contributed by atoms with Crippen LogP contribution in [-0.2, 0) is 9.59 Å². The third kappa shape index (κ3) is 4.65. The molecule has 3 N–H and O–H groups in total. The first-order valence-electron chi connectivity index (χ1n) is 5.96. The van der Waals surface area contributed by atoms with Crippen molar-refractivity contribution in [3.63, 3.8) is 0 Å². The van der Waals surface area contributed by atoms with Gasteiger partial charge in [0.1, 0.15) is 0 Å². The van der Waals surface area contributed by atoms with E-state index in [1.807, 2.05) is 19.9 Å². The van der Waals surface area contributed by atoms with E-state index in [0.29, 0.717) is 12.1 Å². The molecule has 104 valence electrons. The van der Waals surface area contributed by atoms with Crippen molar-refractivity contribution in [3.8, 4) is 0 Å². The number of carbonyl (C=O) groups is 2. The van der Waals surface area contributed by atoms with Crippen LogP contribution in [0.2, 0.25) is 0 Å². The largest absolute Gasteiger partial charge is 0.394 e. The van der Waals surface area contributed by atoms with Crippen molar-refractivity contribution in [3.05, 3.63) is 28.2 Å². The first-order valence-corrected chi connectivity index (χ1v) is 6.76.